The van der Waals surface area contributed by atoms with Gasteiger partial charge in [-0.05, 0) is 30.5 Å². The molecule has 24 heavy (non-hydrogen) atoms. The van der Waals surface area contributed by atoms with Crippen LogP contribution < -0.4 is 16.0 Å². The Bertz CT molecular complexity index is 585. The maximum Gasteiger partial charge on any atom is 0.251 e. The minimum Gasteiger partial charge on any atom is -0.352 e. The number of rotatable bonds is 8. The minimum absolute atomic E-state index is 0.174. The van der Waals surface area contributed by atoms with Gasteiger partial charge < -0.3 is 16.0 Å². The second-order valence-electron chi connectivity index (χ2n) is 6.22. The Morgan fingerprint density at radius 3 is 2.46 bits per heavy atom. The SMILES string of the molecule is CCCC(NC(C)=O)C(=O)Nc1cccc(C(=O)NCC(C)C)c1. The van der Waals surface area contributed by atoms with Crippen LogP contribution in [0, 0.1) is 5.92 Å². The van der Waals surface area contributed by atoms with Crippen LogP contribution in [0.2, 0.25) is 0 Å². The Balaban J connectivity index is 2.76. The molecule has 0 bridgehead atoms. The van der Waals surface area contributed by atoms with Crippen molar-refractivity contribution in [3.63, 3.8) is 0 Å². The summed E-state index contributed by atoms with van der Waals surface area (Å²) >= 11 is 0. The van der Waals surface area contributed by atoms with Gasteiger partial charge in [-0.3, -0.25) is 14.4 Å². The summed E-state index contributed by atoms with van der Waals surface area (Å²) in [6.45, 7) is 7.97. The van der Waals surface area contributed by atoms with E-state index in [4.69, 9.17) is 0 Å². The molecule has 1 unspecified atom stereocenters. The highest BCUT2D eigenvalue weighted by Gasteiger charge is 2.18. The van der Waals surface area contributed by atoms with Gasteiger partial charge in [0, 0.05) is 24.7 Å². The predicted octanol–water partition coefficient (Wildman–Crippen LogP) is 2.32. The molecule has 0 aromatic heterocycles. The van der Waals surface area contributed by atoms with Crippen LogP contribution in [0.1, 0.15) is 50.9 Å². The van der Waals surface area contributed by atoms with Crippen LogP contribution in [-0.2, 0) is 9.59 Å². The van der Waals surface area contributed by atoms with Crippen molar-refractivity contribution < 1.29 is 14.4 Å². The van der Waals surface area contributed by atoms with Gasteiger partial charge in [0.2, 0.25) is 11.8 Å². The van der Waals surface area contributed by atoms with E-state index in [0.29, 0.717) is 30.1 Å². The molecule has 0 aliphatic heterocycles. The van der Waals surface area contributed by atoms with E-state index >= 15 is 0 Å². The largest absolute Gasteiger partial charge is 0.352 e. The molecule has 1 aromatic rings. The maximum atomic E-state index is 12.3. The van der Waals surface area contributed by atoms with Gasteiger partial charge in [0.15, 0.2) is 0 Å². The third kappa shape index (κ3) is 6.81. The normalized spacial score (nSPS) is 11.7. The molecule has 0 saturated carbocycles. The lowest BCUT2D eigenvalue weighted by molar-refractivity contribution is -0.125. The van der Waals surface area contributed by atoms with Gasteiger partial charge >= 0.3 is 0 Å². The van der Waals surface area contributed by atoms with Gasteiger partial charge in [0.25, 0.3) is 5.91 Å². The molecule has 0 aliphatic carbocycles. The fourth-order valence-corrected chi connectivity index (χ4v) is 2.17. The van der Waals surface area contributed by atoms with Gasteiger partial charge in [-0.15, -0.1) is 0 Å². The number of hydrogen-bond acceptors (Lipinski definition) is 3. The lowest BCUT2D eigenvalue weighted by Gasteiger charge is -2.17. The summed E-state index contributed by atoms with van der Waals surface area (Å²) in [5.74, 6) is -0.340. The molecule has 0 saturated heterocycles. The third-order valence-corrected chi connectivity index (χ3v) is 3.33. The molecule has 1 aromatic carbocycles. The van der Waals surface area contributed by atoms with Crippen molar-refractivity contribution in [3.8, 4) is 0 Å². The number of benzene rings is 1. The van der Waals surface area contributed by atoms with E-state index in [9.17, 15) is 14.4 Å². The zero-order valence-electron chi connectivity index (χ0n) is 14.8. The van der Waals surface area contributed by atoms with Crippen molar-refractivity contribution in [2.24, 2.45) is 5.92 Å². The van der Waals surface area contributed by atoms with Crippen LogP contribution in [0.5, 0.6) is 0 Å². The Labute approximate surface area is 143 Å². The molecule has 6 nitrogen and oxygen atoms in total. The summed E-state index contributed by atoms with van der Waals surface area (Å²) in [6, 6.07) is 6.18. The summed E-state index contributed by atoms with van der Waals surface area (Å²) in [6.07, 6.45) is 1.33. The molecule has 1 atom stereocenters. The lowest BCUT2D eigenvalue weighted by Crippen LogP contribution is -2.42. The summed E-state index contributed by atoms with van der Waals surface area (Å²) in [5.41, 5.74) is 1.02. The predicted molar refractivity (Wildman–Crippen MR) is 94.8 cm³/mol. The van der Waals surface area contributed by atoms with E-state index in [-0.39, 0.29) is 17.7 Å². The maximum absolute atomic E-state index is 12.3. The van der Waals surface area contributed by atoms with Crippen LogP contribution in [0.15, 0.2) is 24.3 Å². The summed E-state index contributed by atoms with van der Waals surface area (Å²) in [7, 11) is 0. The van der Waals surface area contributed by atoms with Crippen molar-refractivity contribution >= 4 is 23.4 Å². The van der Waals surface area contributed by atoms with Crippen molar-refractivity contribution in [2.75, 3.05) is 11.9 Å². The topological polar surface area (TPSA) is 87.3 Å². The number of anilines is 1. The van der Waals surface area contributed by atoms with E-state index in [1.807, 2.05) is 20.8 Å². The fraction of sp³-hybridized carbons (Fsp3) is 0.500. The number of carbonyl (C=O) groups excluding carboxylic acids is 3. The van der Waals surface area contributed by atoms with E-state index < -0.39 is 6.04 Å². The molecule has 3 N–H and O–H groups in total. The monoisotopic (exact) mass is 333 g/mol. The molecule has 1 rings (SSSR count). The summed E-state index contributed by atoms with van der Waals surface area (Å²) in [5, 5.41) is 8.24. The van der Waals surface area contributed by atoms with Gasteiger partial charge in [-0.1, -0.05) is 33.3 Å². The second-order valence-corrected chi connectivity index (χ2v) is 6.22. The lowest BCUT2D eigenvalue weighted by atomic mass is 10.1. The first kappa shape index (κ1) is 19.7. The van der Waals surface area contributed by atoms with Crippen molar-refractivity contribution in [1.29, 1.82) is 0 Å². The van der Waals surface area contributed by atoms with Crippen LogP contribution >= 0.6 is 0 Å². The molecule has 3 amide bonds. The van der Waals surface area contributed by atoms with E-state index in [1.54, 1.807) is 24.3 Å². The van der Waals surface area contributed by atoms with E-state index in [0.717, 1.165) is 6.42 Å². The molecule has 0 heterocycles. The van der Waals surface area contributed by atoms with Gasteiger partial charge in [-0.2, -0.15) is 0 Å². The third-order valence-electron chi connectivity index (χ3n) is 3.33. The molecular weight excluding hydrogens is 306 g/mol. The second kappa shape index (κ2) is 9.70. The first-order valence-corrected chi connectivity index (χ1v) is 8.29. The standard InChI is InChI=1S/C18H27N3O3/c1-5-7-16(20-13(4)22)18(24)21-15-9-6-8-14(10-15)17(23)19-11-12(2)3/h6,8-10,12,16H,5,7,11H2,1-4H3,(H,19,23)(H,20,22)(H,21,24). The number of amides is 3. The number of carbonyl (C=O) groups is 3. The minimum atomic E-state index is -0.578. The molecule has 6 heteroatoms. The number of nitrogens with one attached hydrogen (secondary N) is 3. The van der Waals surface area contributed by atoms with Crippen molar-refractivity contribution in [2.45, 2.75) is 46.6 Å². The van der Waals surface area contributed by atoms with Gasteiger partial charge in [-0.25, -0.2) is 0 Å². The highest BCUT2D eigenvalue weighted by Crippen LogP contribution is 2.12. The summed E-state index contributed by atoms with van der Waals surface area (Å²) in [4.78, 5) is 35.6. The smallest absolute Gasteiger partial charge is 0.251 e. The molecule has 0 radical (unpaired) electrons. The van der Waals surface area contributed by atoms with E-state index in [2.05, 4.69) is 16.0 Å². The van der Waals surface area contributed by atoms with Crippen LogP contribution in [0.4, 0.5) is 5.69 Å². The quantitative estimate of drug-likeness (QED) is 0.682. The van der Waals surface area contributed by atoms with Crippen LogP contribution in [-0.4, -0.2) is 30.3 Å². The highest BCUT2D eigenvalue weighted by atomic mass is 16.2. The Hall–Kier alpha value is -2.37. The van der Waals surface area contributed by atoms with Gasteiger partial charge in [0.1, 0.15) is 6.04 Å². The first-order chi connectivity index (χ1) is 11.3. The first-order valence-electron chi connectivity index (χ1n) is 8.29. The molecule has 0 spiro atoms. The fourth-order valence-electron chi connectivity index (χ4n) is 2.17. The van der Waals surface area contributed by atoms with Crippen LogP contribution in [0.3, 0.4) is 0 Å². The molecule has 0 aliphatic rings. The molecule has 132 valence electrons. The van der Waals surface area contributed by atoms with E-state index in [1.165, 1.54) is 6.92 Å². The Kier molecular flexibility index (Phi) is 7.95. The Morgan fingerprint density at radius 2 is 1.88 bits per heavy atom. The zero-order valence-corrected chi connectivity index (χ0v) is 14.8. The zero-order chi connectivity index (χ0) is 18.1. The average molecular weight is 333 g/mol. The van der Waals surface area contributed by atoms with Crippen molar-refractivity contribution in [3.05, 3.63) is 29.8 Å². The van der Waals surface area contributed by atoms with Gasteiger partial charge in [0.05, 0.1) is 0 Å². The molecule has 0 fully saturated rings. The summed E-state index contributed by atoms with van der Waals surface area (Å²) < 4.78 is 0. The molecular formula is C18H27N3O3. The highest BCUT2D eigenvalue weighted by molar-refractivity contribution is 5.99. The average Bonchev–Trinajstić information content (AvgIpc) is 2.52. The number of hydrogen-bond donors (Lipinski definition) is 3. The van der Waals surface area contributed by atoms with Crippen LogP contribution in [0.25, 0.3) is 0 Å². The van der Waals surface area contributed by atoms with Crippen molar-refractivity contribution in [1.82, 2.24) is 10.6 Å². The Morgan fingerprint density at radius 1 is 1.17 bits per heavy atom.